The fraction of sp³-hybridized carbons (Fsp3) is 0.143. The van der Waals surface area contributed by atoms with Crippen molar-refractivity contribution < 1.29 is 19.4 Å². The van der Waals surface area contributed by atoms with Gasteiger partial charge in [-0.25, -0.2) is 4.98 Å². The molecule has 0 bridgehead atoms. The van der Waals surface area contributed by atoms with Gasteiger partial charge < -0.3 is 14.6 Å². The third kappa shape index (κ3) is 4.45. The predicted octanol–water partition coefficient (Wildman–Crippen LogP) is 4.99. The van der Waals surface area contributed by atoms with E-state index in [1.54, 1.807) is 18.2 Å². The highest BCUT2D eigenvalue weighted by atomic mass is 35.5. The normalized spacial score (nSPS) is 11.2. The van der Waals surface area contributed by atoms with E-state index in [-0.39, 0.29) is 13.0 Å². The lowest BCUT2D eigenvalue weighted by Gasteiger charge is -2.12. The van der Waals surface area contributed by atoms with Gasteiger partial charge in [0.05, 0.1) is 28.8 Å². The number of nitrogens with zero attached hydrogens (tertiary/aromatic N) is 1. The average Bonchev–Trinajstić information content (AvgIpc) is 3.10. The summed E-state index contributed by atoms with van der Waals surface area (Å²) in [6, 6.07) is 11.0. The van der Waals surface area contributed by atoms with E-state index in [9.17, 15) is 9.90 Å². The summed E-state index contributed by atoms with van der Waals surface area (Å²) in [5, 5.41) is 10.3. The first kappa shape index (κ1) is 19.7. The molecule has 0 spiro atoms. The van der Waals surface area contributed by atoms with Crippen molar-refractivity contribution in [3.05, 3.63) is 52.0 Å². The van der Waals surface area contributed by atoms with Gasteiger partial charge in [-0.2, -0.15) is 0 Å². The van der Waals surface area contributed by atoms with Crippen molar-refractivity contribution in [2.75, 3.05) is 13.7 Å². The Morgan fingerprint density at radius 2 is 2.18 bits per heavy atom. The number of carbonyl (C=O) groups is 1. The van der Waals surface area contributed by atoms with E-state index in [0.29, 0.717) is 32.7 Å². The maximum absolute atomic E-state index is 11.4. The van der Waals surface area contributed by atoms with Crippen LogP contribution >= 0.6 is 22.9 Å². The number of aromatic nitrogens is 1. The molecule has 0 fully saturated rings. The first-order valence-electron chi connectivity index (χ1n) is 8.24. The van der Waals surface area contributed by atoms with Crippen LogP contribution in [0.15, 0.2) is 36.4 Å². The van der Waals surface area contributed by atoms with Crippen LogP contribution in [0.5, 0.6) is 11.5 Å². The first-order chi connectivity index (χ1) is 13.5. The largest absolute Gasteiger partial charge is 0.493 e. The molecule has 28 heavy (non-hydrogen) atoms. The van der Waals surface area contributed by atoms with Gasteiger partial charge in [0.2, 0.25) is 0 Å². The Hall–Kier alpha value is -3.01. The number of hydrogen-bond acceptors (Lipinski definition) is 5. The fourth-order valence-electron chi connectivity index (χ4n) is 2.64. The topological polar surface area (TPSA) is 68.7 Å². The molecule has 2 aromatic carbocycles. The van der Waals surface area contributed by atoms with Gasteiger partial charge in [-0.15, -0.1) is 17.8 Å². The molecule has 0 aliphatic heterocycles. The molecule has 3 aromatic rings. The van der Waals surface area contributed by atoms with E-state index >= 15 is 0 Å². The van der Waals surface area contributed by atoms with Crippen molar-refractivity contribution >= 4 is 50.8 Å². The molecular weight excluding hydrogens is 398 g/mol. The number of benzene rings is 2. The molecule has 1 N–H and O–H groups in total. The van der Waals surface area contributed by atoms with Crippen LogP contribution in [0.4, 0.5) is 0 Å². The predicted molar refractivity (Wildman–Crippen MR) is 112 cm³/mol. The summed E-state index contributed by atoms with van der Waals surface area (Å²) in [4.78, 5) is 16.0. The van der Waals surface area contributed by atoms with Crippen LogP contribution in [0, 0.1) is 12.3 Å². The number of terminal acetylenes is 1. The Morgan fingerprint density at radius 1 is 1.39 bits per heavy atom. The number of thiazole rings is 1. The molecule has 0 unspecified atom stereocenters. The summed E-state index contributed by atoms with van der Waals surface area (Å²) < 4.78 is 11.8. The highest BCUT2D eigenvalue weighted by Gasteiger charge is 2.15. The first-order valence-corrected chi connectivity index (χ1v) is 9.43. The van der Waals surface area contributed by atoms with Crippen molar-refractivity contribution in [2.45, 2.75) is 6.42 Å². The number of fused-ring (bicyclic) bond motifs is 1. The summed E-state index contributed by atoms with van der Waals surface area (Å²) >= 11 is 7.76. The number of halogens is 1. The van der Waals surface area contributed by atoms with Gasteiger partial charge in [0.1, 0.15) is 11.6 Å². The van der Waals surface area contributed by atoms with Crippen LogP contribution in [0.2, 0.25) is 5.02 Å². The van der Waals surface area contributed by atoms with Crippen LogP contribution in [0.1, 0.15) is 17.0 Å². The Kier molecular flexibility index (Phi) is 6.19. The number of aliphatic carboxylic acids is 1. The summed E-state index contributed by atoms with van der Waals surface area (Å²) in [5.41, 5.74) is 2.07. The van der Waals surface area contributed by atoms with Crippen LogP contribution < -0.4 is 9.47 Å². The zero-order valence-corrected chi connectivity index (χ0v) is 16.5. The van der Waals surface area contributed by atoms with Crippen molar-refractivity contribution in [3.63, 3.8) is 0 Å². The molecule has 1 heterocycles. The third-order valence-corrected chi connectivity index (χ3v) is 5.20. The number of ether oxygens (including phenoxy) is 2. The monoisotopic (exact) mass is 413 g/mol. The number of para-hydroxylation sites is 1. The van der Waals surface area contributed by atoms with E-state index < -0.39 is 5.97 Å². The van der Waals surface area contributed by atoms with Crippen molar-refractivity contribution in [1.29, 1.82) is 0 Å². The minimum absolute atomic E-state index is 0.0568. The Bertz CT molecular complexity index is 1060. The van der Waals surface area contributed by atoms with Gasteiger partial charge >= 0.3 is 5.97 Å². The molecule has 0 saturated carbocycles. The van der Waals surface area contributed by atoms with Crippen molar-refractivity contribution in [1.82, 2.24) is 4.98 Å². The second kappa shape index (κ2) is 8.79. The van der Waals surface area contributed by atoms with E-state index in [0.717, 1.165) is 10.2 Å². The van der Waals surface area contributed by atoms with Gasteiger partial charge in [0.15, 0.2) is 11.5 Å². The Labute approximate surface area is 171 Å². The second-order valence-corrected chi connectivity index (χ2v) is 7.19. The van der Waals surface area contributed by atoms with Gasteiger partial charge in [-0.1, -0.05) is 29.7 Å². The summed E-state index contributed by atoms with van der Waals surface area (Å²) in [6.07, 6.45) is 6.80. The second-order valence-electron chi connectivity index (χ2n) is 5.75. The minimum atomic E-state index is -0.947. The molecular formula is C21H16ClNO4S. The van der Waals surface area contributed by atoms with Crippen LogP contribution in [-0.2, 0) is 4.79 Å². The molecule has 0 aliphatic carbocycles. The lowest BCUT2D eigenvalue weighted by Crippen LogP contribution is -1.99. The van der Waals surface area contributed by atoms with Crippen molar-refractivity contribution in [3.8, 4) is 23.8 Å². The number of methoxy groups -OCH3 is 1. The van der Waals surface area contributed by atoms with E-state index in [2.05, 4.69) is 10.9 Å². The quantitative estimate of drug-likeness (QED) is 0.553. The molecule has 3 rings (SSSR count). The molecule has 7 heteroatoms. The number of hydrogen-bond donors (Lipinski definition) is 1. The van der Waals surface area contributed by atoms with Crippen LogP contribution in [0.25, 0.3) is 21.9 Å². The Morgan fingerprint density at radius 3 is 2.86 bits per heavy atom. The zero-order chi connectivity index (χ0) is 20.1. The molecule has 0 aliphatic rings. The summed E-state index contributed by atoms with van der Waals surface area (Å²) in [7, 11) is 1.49. The Balaban J connectivity index is 2.06. The molecule has 0 radical (unpaired) electrons. The smallest absolute Gasteiger partial charge is 0.307 e. The lowest BCUT2D eigenvalue weighted by molar-refractivity contribution is -0.135. The third-order valence-electron chi connectivity index (χ3n) is 3.80. The molecule has 1 aromatic heterocycles. The molecule has 0 atom stereocenters. The maximum atomic E-state index is 11.4. The molecule has 0 saturated heterocycles. The molecule has 142 valence electrons. The number of rotatable bonds is 7. The van der Waals surface area contributed by atoms with Crippen LogP contribution in [0.3, 0.4) is 0 Å². The zero-order valence-electron chi connectivity index (χ0n) is 14.9. The van der Waals surface area contributed by atoms with Gasteiger partial charge in [0, 0.05) is 0 Å². The van der Waals surface area contributed by atoms with E-state index in [1.165, 1.54) is 18.4 Å². The highest BCUT2D eigenvalue weighted by Crippen LogP contribution is 2.38. The van der Waals surface area contributed by atoms with Crippen LogP contribution in [-0.4, -0.2) is 29.8 Å². The van der Waals surface area contributed by atoms with E-state index in [4.69, 9.17) is 27.5 Å². The maximum Gasteiger partial charge on any atom is 0.307 e. The SMILES string of the molecule is C#CCOc1c(Cl)cc(/C=C(/CC(=O)O)c2nc3ccccc3s2)cc1OC. The lowest BCUT2D eigenvalue weighted by atomic mass is 10.1. The van der Waals surface area contributed by atoms with Crippen molar-refractivity contribution in [2.24, 2.45) is 0 Å². The van der Waals surface area contributed by atoms with E-state index in [1.807, 2.05) is 24.3 Å². The van der Waals surface area contributed by atoms with Gasteiger partial charge in [0.25, 0.3) is 0 Å². The average molecular weight is 414 g/mol. The number of carboxylic acid groups (broad SMARTS) is 1. The molecule has 0 amide bonds. The minimum Gasteiger partial charge on any atom is -0.493 e. The standard InChI is InChI=1S/C21H16ClNO4S/c1-3-8-27-20-15(22)10-13(11-17(20)26-2)9-14(12-19(24)25)21-23-16-6-4-5-7-18(16)28-21/h1,4-7,9-11H,8,12H2,2H3,(H,24,25)/b14-9-. The highest BCUT2D eigenvalue weighted by molar-refractivity contribution is 7.19. The summed E-state index contributed by atoms with van der Waals surface area (Å²) in [6.45, 7) is 0.0568. The molecule has 5 nitrogen and oxygen atoms in total. The number of carboxylic acids is 1. The summed E-state index contributed by atoms with van der Waals surface area (Å²) in [5.74, 6) is 2.19. The van der Waals surface area contributed by atoms with Gasteiger partial charge in [-0.3, -0.25) is 4.79 Å². The fourth-order valence-corrected chi connectivity index (χ4v) is 3.89. The van der Waals surface area contributed by atoms with Gasteiger partial charge in [-0.05, 0) is 41.5 Å².